The third-order valence-corrected chi connectivity index (χ3v) is 14.1. The van der Waals surface area contributed by atoms with Crippen LogP contribution in [0.2, 0.25) is 0 Å². The van der Waals surface area contributed by atoms with Gasteiger partial charge in [0, 0.05) is 70.2 Å². The first kappa shape index (κ1) is 36.5. The minimum Gasteiger partial charge on any atom is -0.311 e. The topological polar surface area (TPSA) is 13.1 Å². The van der Waals surface area contributed by atoms with Gasteiger partial charge in [0.25, 0.3) is 0 Å². The van der Waals surface area contributed by atoms with Gasteiger partial charge in [0.05, 0.1) is 22.1 Å². The highest BCUT2D eigenvalue weighted by molar-refractivity contribution is 7.26. The predicted octanol–water partition coefficient (Wildman–Crippen LogP) is 17.1. The van der Waals surface area contributed by atoms with Gasteiger partial charge in [0.1, 0.15) is 0 Å². The van der Waals surface area contributed by atoms with E-state index in [1.165, 1.54) is 86.0 Å². The first-order valence-electron chi connectivity index (χ1n) is 21.8. The Morgan fingerprint density at radius 1 is 0.281 bits per heavy atom. The largest absolute Gasteiger partial charge is 0.311 e. The molecule has 0 bridgehead atoms. The van der Waals surface area contributed by atoms with E-state index in [2.05, 4.69) is 251 Å². The van der Waals surface area contributed by atoms with Gasteiger partial charge < -0.3 is 14.0 Å². The number of hydrogen-bond acceptors (Lipinski definition) is 2. The molecule has 64 heavy (non-hydrogen) atoms. The molecule has 3 heterocycles. The van der Waals surface area contributed by atoms with Gasteiger partial charge in [-0.25, -0.2) is 0 Å². The molecule has 13 rings (SSSR count). The molecule has 3 nitrogen and oxygen atoms in total. The second kappa shape index (κ2) is 14.7. The zero-order valence-electron chi connectivity index (χ0n) is 34.8. The lowest BCUT2D eigenvalue weighted by atomic mass is 10.0. The second-order valence-corrected chi connectivity index (χ2v) is 17.6. The van der Waals surface area contributed by atoms with E-state index in [9.17, 15) is 0 Å². The van der Waals surface area contributed by atoms with Gasteiger partial charge in [-0.1, -0.05) is 146 Å². The van der Waals surface area contributed by atoms with Crippen LogP contribution in [0, 0.1) is 0 Å². The van der Waals surface area contributed by atoms with E-state index in [4.69, 9.17) is 0 Å². The van der Waals surface area contributed by atoms with Crippen molar-refractivity contribution in [3.05, 3.63) is 237 Å². The standard InChI is InChI=1S/C60H39N3S/c1-2-12-40(13-3-1)41-22-28-44(29-23-41)61(46-34-36-48(37-35-46)62-54-18-8-4-14-49(54)50-15-5-9-19-55(50)62)45-30-24-42(25-31-45)43-26-32-47(33-27-43)63-56-20-10-6-17-53(56)59-57(63)39-38-52-51-16-7-11-21-58(51)64-60(52)59/h1-39H. The summed E-state index contributed by atoms with van der Waals surface area (Å²) in [5.41, 5.74) is 15.2. The lowest BCUT2D eigenvalue weighted by Crippen LogP contribution is -2.10. The molecular weight excluding hydrogens is 795 g/mol. The molecule has 0 N–H and O–H groups in total. The number of fused-ring (bicyclic) bond motifs is 10. The van der Waals surface area contributed by atoms with Gasteiger partial charge in [-0.05, 0) is 113 Å². The van der Waals surface area contributed by atoms with E-state index in [0.29, 0.717) is 0 Å². The highest BCUT2D eigenvalue weighted by Gasteiger charge is 2.19. The van der Waals surface area contributed by atoms with Crippen LogP contribution in [0.15, 0.2) is 237 Å². The van der Waals surface area contributed by atoms with Crippen LogP contribution in [-0.4, -0.2) is 9.13 Å². The number of aromatic nitrogens is 2. The average Bonchev–Trinajstić information content (AvgIpc) is 4.03. The van der Waals surface area contributed by atoms with Crippen molar-refractivity contribution < 1.29 is 0 Å². The molecule has 0 saturated heterocycles. The smallest absolute Gasteiger partial charge is 0.0555 e. The summed E-state index contributed by atoms with van der Waals surface area (Å²) in [4.78, 5) is 2.35. The Bertz CT molecular complexity index is 3800. The van der Waals surface area contributed by atoms with Gasteiger partial charge in [0.15, 0.2) is 0 Å². The summed E-state index contributed by atoms with van der Waals surface area (Å²) >= 11 is 1.90. The van der Waals surface area contributed by atoms with Crippen molar-refractivity contribution in [3.63, 3.8) is 0 Å². The fraction of sp³-hybridized carbons (Fsp3) is 0. The summed E-state index contributed by atoms with van der Waals surface area (Å²) in [6.45, 7) is 0. The molecule has 13 aromatic rings. The molecule has 0 amide bonds. The number of para-hydroxylation sites is 3. The molecule has 0 aliphatic heterocycles. The van der Waals surface area contributed by atoms with E-state index >= 15 is 0 Å². The molecule has 4 heteroatoms. The van der Waals surface area contributed by atoms with Crippen molar-refractivity contribution in [3.8, 4) is 33.6 Å². The molecule has 0 aliphatic carbocycles. The third kappa shape index (κ3) is 5.81. The first-order valence-corrected chi connectivity index (χ1v) is 22.7. The number of nitrogens with zero attached hydrogens (tertiary/aromatic N) is 3. The maximum absolute atomic E-state index is 2.43. The number of benzene rings is 10. The summed E-state index contributed by atoms with van der Waals surface area (Å²) in [5, 5.41) is 7.79. The summed E-state index contributed by atoms with van der Waals surface area (Å²) < 4.78 is 7.48. The maximum Gasteiger partial charge on any atom is 0.0555 e. The Morgan fingerprint density at radius 3 is 1.27 bits per heavy atom. The van der Waals surface area contributed by atoms with Crippen molar-refractivity contribution in [1.29, 1.82) is 0 Å². The zero-order valence-corrected chi connectivity index (χ0v) is 35.6. The lowest BCUT2D eigenvalue weighted by molar-refractivity contribution is 1.17. The third-order valence-electron chi connectivity index (χ3n) is 12.9. The minimum atomic E-state index is 1.09. The molecule has 0 spiro atoms. The van der Waals surface area contributed by atoms with Crippen LogP contribution in [0.1, 0.15) is 0 Å². The van der Waals surface area contributed by atoms with Crippen LogP contribution < -0.4 is 4.90 Å². The summed E-state index contributed by atoms with van der Waals surface area (Å²) in [5.74, 6) is 0. The summed E-state index contributed by atoms with van der Waals surface area (Å²) in [7, 11) is 0. The molecule has 0 fully saturated rings. The van der Waals surface area contributed by atoms with E-state index in [0.717, 1.165) is 28.4 Å². The fourth-order valence-corrected chi connectivity index (χ4v) is 11.2. The van der Waals surface area contributed by atoms with Crippen LogP contribution in [-0.2, 0) is 0 Å². The Labute approximate surface area is 374 Å². The molecule has 300 valence electrons. The Kier molecular flexibility index (Phi) is 8.40. The van der Waals surface area contributed by atoms with Crippen LogP contribution in [0.5, 0.6) is 0 Å². The number of thiophene rings is 1. The van der Waals surface area contributed by atoms with Crippen LogP contribution in [0.25, 0.3) is 97.4 Å². The first-order chi connectivity index (χ1) is 31.7. The highest BCUT2D eigenvalue weighted by atomic mass is 32.1. The van der Waals surface area contributed by atoms with E-state index in [1.54, 1.807) is 0 Å². The van der Waals surface area contributed by atoms with E-state index in [-0.39, 0.29) is 0 Å². The molecule has 0 aliphatic rings. The quantitative estimate of drug-likeness (QED) is 0.156. The minimum absolute atomic E-state index is 1.09. The van der Waals surface area contributed by atoms with Crippen molar-refractivity contribution in [2.24, 2.45) is 0 Å². The van der Waals surface area contributed by atoms with Gasteiger partial charge in [-0.3, -0.25) is 0 Å². The predicted molar refractivity (Wildman–Crippen MR) is 274 cm³/mol. The molecule has 10 aromatic carbocycles. The highest BCUT2D eigenvalue weighted by Crippen LogP contribution is 2.44. The summed E-state index contributed by atoms with van der Waals surface area (Å²) in [6, 6.07) is 86.1. The summed E-state index contributed by atoms with van der Waals surface area (Å²) in [6.07, 6.45) is 0. The monoisotopic (exact) mass is 833 g/mol. The van der Waals surface area contributed by atoms with Crippen LogP contribution in [0.3, 0.4) is 0 Å². The van der Waals surface area contributed by atoms with Crippen LogP contribution >= 0.6 is 11.3 Å². The van der Waals surface area contributed by atoms with E-state index in [1.807, 2.05) is 11.3 Å². The Morgan fingerprint density at radius 2 is 0.688 bits per heavy atom. The number of rotatable bonds is 7. The normalized spacial score (nSPS) is 11.8. The fourth-order valence-electron chi connectivity index (χ4n) is 9.95. The Hall–Kier alpha value is -8.18. The second-order valence-electron chi connectivity index (χ2n) is 16.5. The van der Waals surface area contributed by atoms with Crippen molar-refractivity contribution >= 4 is 92.2 Å². The SMILES string of the molecule is c1ccc(-c2ccc(N(c3ccc(-c4ccc(-n5c6ccccc6c6c7sc8ccccc8c7ccc65)cc4)cc3)c3ccc(-n4c5ccccc5c5ccccc54)cc3)cc2)cc1. The molecule has 3 aromatic heterocycles. The van der Waals surface area contributed by atoms with Crippen molar-refractivity contribution in [2.75, 3.05) is 4.90 Å². The van der Waals surface area contributed by atoms with Crippen LogP contribution in [0.4, 0.5) is 17.1 Å². The molecular formula is C60H39N3S. The molecule has 0 unspecified atom stereocenters. The van der Waals surface area contributed by atoms with Gasteiger partial charge in [-0.15, -0.1) is 11.3 Å². The van der Waals surface area contributed by atoms with E-state index < -0.39 is 0 Å². The zero-order chi connectivity index (χ0) is 42.1. The number of anilines is 3. The average molecular weight is 834 g/mol. The van der Waals surface area contributed by atoms with Gasteiger partial charge in [-0.2, -0.15) is 0 Å². The van der Waals surface area contributed by atoms with Gasteiger partial charge in [0.2, 0.25) is 0 Å². The maximum atomic E-state index is 2.43. The molecule has 0 radical (unpaired) electrons. The van der Waals surface area contributed by atoms with Crippen molar-refractivity contribution in [1.82, 2.24) is 9.13 Å². The molecule has 0 atom stereocenters. The Balaban J connectivity index is 0.866. The van der Waals surface area contributed by atoms with Gasteiger partial charge >= 0.3 is 0 Å². The number of hydrogen-bond donors (Lipinski definition) is 0. The lowest BCUT2D eigenvalue weighted by Gasteiger charge is -2.26. The van der Waals surface area contributed by atoms with Crippen molar-refractivity contribution in [2.45, 2.75) is 0 Å². The molecule has 0 saturated carbocycles.